The second-order valence-electron chi connectivity index (χ2n) is 8.55. The van der Waals surface area contributed by atoms with Crippen molar-refractivity contribution in [1.82, 2.24) is 16.0 Å². The molecule has 0 saturated heterocycles. The highest BCUT2D eigenvalue weighted by Crippen LogP contribution is 2.12. The SMILES string of the molecule is CCC(C)C(NC(=O)C(NC(=O)C(N)CCC(N)=O)C(C)C)C(=O)NC(CCC(=O)O)C(=O)O. The first-order chi connectivity index (χ1) is 15.7. The van der Waals surface area contributed by atoms with Crippen LogP contribution < -0.4 is 27.4 Å². The molecule has 5 unspecified atom stereocenters. The van der Waals surface area contributed by atoms with Crippen LogP contribution in [0.25, 0.3) is 0 Å². The lowest BCUT2D eigenvalue weighted by Gasteiger charge is -2.29. The Labute approximate surface area is 198 Å². The predicted octanol–water partition coefficient (Wildman–Crippen LogP) is -1.31. The van der Waals surface area contributed by atoms with Crippen molar-refractivity contribution in [2.45, 2.75) is 84.0 Å². The molecule has 0 aliphatic carbocycles. The first kappa shape index (κ1) is 30.8. The zero-order valence-corrected chi connectivity index (χ0v) is 20.0. The van der Waals surface area contributed by atoms with Crippen LogP contribution in [-0.4, -0.2) is 69.9 Å². The summed E-state index contributed by atoms with van der Waals surface area (Å²) in [6.45, 7) is 6.80. The number of primary amides is 1. The molecule has 0 radical (unpaired) electrons. The van der Waals surface area contributed by atoms with Crippen LogP contribution >= 0.6 is 0 Å². The lowest BCUT2D eigenvalue weighted by atomic mass is 9.95. The summed E-state index contributed by atoms with van der Waals surface area (Å²) in [5.74, 6) is -6.16. The highest BCUT2D eigenvalue weighted by molar-refractivity contribution is 5.94. The lowest BCUT2D eigenvalue weighted by Crippen LogP contribution is -2.59. The van der Waals surface area contributed by atoms with Crippen molar-refractivity contribution in [1.29, 1.82) is 0 Å². The standard InChI is InChI=1S/C21H37N5O8/c1-5-11(4)17(20(32)24-13(21(33)34)7-9-15(28)29)26-19(31)16(10(2)3)25-18(30)12(22)6-8-14(23)27/h10-13,16-17H,5-9,22H2,1-4H3,(H2,23,27)(H,24,32)(H,25,30)(H,26,31)(H,28,29)(H,33,34). The minimum atomic E-state index is -1.45. The first-order valence-electron chi connectivity index (χ1n) is 11.1. The smallest absolute Gasteiger partial charge is 0.326 e. The summed E-state index contributed by atoms with van der Waals surface area (Å²) in [5.41, 5.74) is 10.8. The van der Waals surface area contributed by atoms with E-state index < -0.39 is 78.0 Å². The molecule has 5 atom stereocenters. The molecule has 4 amide bonds. The second-order valence-corrected chi connectivity index (χ2v) is 8.55. The Bertz CT molecular complexity index is 757. The Morgan fingerprint density at radius 2 is 1.32 bits per heavy atom. The summed E-state index contributed by atoms with van der Waals surface area (Å²) in [6, 6.07) is -4.71. The number of nitrogens with one attached hydrogen (secondary N) is 3. The molecular formula is C21H37N5O8. The third kappa shape index (κ3) is 11.1. The third-order valence-electron chi connectivity index (χ3n) is 5.34. The number of amides is 4. The molecule has 13 nitrogen and oxygen atoms in total. The molecule has 13 heteroatoms. The molecule has 0 rings (SSSR count). The van der Waals surface area contributed by atoms with Gasteiger partial charge in [-0.25, -0.2) is 4.79 Å². The quantitative estimate of drug-likeness (QED) is 0.137. The maximum absolute atomic E-state index is 13.0. The zero-order valence-electron chi connectivity index (χ0n) is 20.0. The summed E-state index contributed by atoms with van der Waals surface area (Å²) in [4.78, 5) is 71.3. The van der Waals surface area contributed by atoms with Gasteiger partial charge in [-0.1, -0.05) is 34.1 Å². The van der Waals surface area contributed by atoms with E-state index >= 15 is 0 Å². The van der Waals surface area contributed by atoms with E-state index in [9.17, 15) is 33.9 Å². The third-order valence-corrected chi connectivity index (χ3v) is 5.34. The molecule has 0 aromatic rings. The molecule has 34 heavy (non-hydrogen) atoms. The van der Waals surface area contributed by atoms with E-state index in [1.807, 2.05) is 0 Å². The van der Waals surface area contributed by atoms with Crippen LogP contribution in [-0.2, 0) is 28.8 Å². The Morgan fingerprint density at radius 3 is 1.76 bits per heavy atom. The topological polar surface area (TPSA) is 231 Å². The van der Waals surface area contributed by atoms with Gasteiger partial charge in [0.15, 0.2) is 0 Å². The molecule has 0 bridgehead atoms. The van der Waals surface area contributed by atoms with Gasteiger partial charge in [0.1, 0.15) is 18.1 Å². The van der Waals surface area contributed by atoms with Crippen LogP contribution in [0.1, 0.15) is 59.8 Å². The van der Waals surface area contributed by atoms with Crippen LogP contribution in [0.15, 0.2) is 0 Å². The van der Waals surface area contributed by atoms with Gasteiger partial charge in [-0.3, -0.25) is 24.0 Å². The molecule has 194 valence electrons. The normalized spacial score (nSPS) is 15.4. The molecule has 0 aliphatic heterocycles. The number of hydrogen-bond donors (Lipinski definition) is 7. The zero-order chi connectivity index (χ0) is 26.6. The highest BCUT2D eigenvalue weighted by atomic mass is 16.4. The van der Waals surface area contributed by atoms with Gasteiger partial charge in [-0.2, -0.15) is 0 Å². The number of aliphatic carboxylic acids is 2. The van der Waals surface area contributed by atoms with E-state index in [1.54, 1.807) is 27.7 Å². The second kappa shape index (κ2) is 14.8. The fourth-order valence-electron chi connectivity index (χ4n) is 2.96. The molecular weight excluding hydrogens is 450 g/mol. The predicted molar refractivity (Wildman–Crippen MR) is 121 cm³/mol. The molecule has 0 spiro atoms. The van der Waals surface area contributed by atoms with Crippen molar-refractivity contribution in [3.05, 3.63) is 0 Å². The van der Waals surface area contributed by atoms with E-state index in [0.29, 0.717) is 6.42 Å². The largest absolute Gasteiger partial charge is 0.481 e. The van der Waals surface area contributed by atoms with Gasteiger partial charge in [-0.05, 0) is 24.7 Å². The van der Waals surface area contributed by atoms with Crippen LogP contribution in [0, 0.1) is 11.8 Å². The van der Waals surface area contributed by atoms with Gasteiger partial charge >= 0.3 is 11.9 Å². The summed E-state index contributed by atoms with van der Waals surface area (Å²) in [5, 5.41) is 25.4. The van der Waals surface area contributed by atoms with E-state index in [-0.39, 0.29) is 19.3 Å². The monoisotopic (exact) mass is 487 g/mol. The fourth-order valence-corrected chi connectivity index (χ4v) is 2.96. The molecule has 0 aromatic carbocycles. The van der Waals surface area contributed by atoms with Crippen LogP contribution in [0.5, 0.6) is 0 Å². The van der Waals surface area contributed by atoms with Crippen molar-refractivity contribution >= 4 is 35.6 Å². The van der Waals surface area contributed by atoms with Crippen molar-refractivity contribution < 1.29 is 39.0 Å². The number of carboxylic acids is 2. The molecule has 9 N–H and O–H groups in total. The highest BCUT2D eigenvalue weighted by Gasteiger charge is 2.33. The Kier molecular flexibility index (Phi) is 13.4. The maximum atomic E-state index is 13.0. The number of carboxylic acid groups (broad SMARTS) is 2. The fraction of sp³-hybridized carbons (Fsp3) is 0.714. The number of nitrogens with two attached hydrogens (primary N) is 2. The Balaban J connectivity index is 5.46. The minimum Gasteiger partial charge on any atom is -0.481 e. The molecule has 0 aromatic heterocycles. The minimum absolute atomic E-state index is 0.00157. The average Bonchev–Trinajstić information content (AvgIpc) is 2.74. The van der Waals surface area contributed by atoms with Gasteiger partial charge in [0.05, 0.1) is 6.04 Å². The number of carbonyl (C=O) groups excluding carboxylic acids is 4. The number of carbonyl (C=O) groups is 6. The van der Waals surface area contributed by atoms with Crippen molar-refractivity contribution in [3.8, 4) is 0 Å². The number of hydrogen-bond acceptors (Lipinski definition) is 7. The van der Waals surface area contributed by atoms with Gasteiger partial charge in [-0.15, -0.1) is 0 Å². The summed E-state index contributed by atoms with van der Waals surface area (Å²) in [6.07, 6.45) is -0.434. The van der Waals surface area contributed by atoms with E-state index in [0.717, 1.165) is 0 Å². The molecule has 0 saturated carbocycles. The summed E-state index contributed by atoms with van der Waals surface area (Å²) in [7, 11) is 0. The van der Waals surface area contributed by atoms with Crippen LogP contribution in [0.4, 0.5) is 0 Å². The van der Waals surface area contributed by atoms with Gasteiger partial charge < -0.3 is 37.6 Å². The first-order valence-corrected chi connectivity index (χ1v) is 11.1. The van der Waals surface area contributed by atoms with E-state index in [2.05, 4.69) is 16.0 Å². The van der Waals surface area contributed by atoms with Crippen molar-refractivity contribution in [3.63, 3.8) is 0 Å². The maximum Gasteiger partial charge on any atom is 0.326 e. The van der Waals surface area contributed by atoms with Crippen LogP contribution in [0.2, 0.25) is 0 Å². The van der Waals surface area contributed by atoms with E-state index in [1.165, 1.54) is 0 Å². The summed E-state index contributed by atoms with van der Waals surface area (Å²) < 4.78 is 0. The van der Waals surface area contributed by atoms with Crippen LogP contribution in [0.3, 0.4) is 0 Å². The van der Waals surface area contributed by atoms with Gasteiger partial charge in [0.25, 0.3) is 0 Å². The van der Waals surface area contributed by atoms with E-state index in [4.69, 9.17) is 16.6 Å². The molecule has 0 aliphatic rings. The Hall–Kier alpha value is -3.22. The summed E-state index contributed by atoms with van der Waals surface area (Å²) >= 11 is 0. The van der Waals surface area contributed by atoms with Gasteiger partial charge in [0.2, 0.25) is 23.6 Å². The number of rotatable bonds is 16. The van der Waals surface area contributed by atoms with Gasteiger partial charge in [0, 0.05) is 12.8 Å². The van der Waals surface area contributed by atoms with Crippen molar-refractivity contribution in [2.75, 3.05) is 0 Å². The van der Waals surface area contributed by atoms with Crippen molar-refractivity contribution in [2.24, 2.45) is 23.3 Å². The Morgan fingerprint density at radius 1 is 0.794 bits per heavy atom. The average molecular weight is 488 g/mol. The molecule has 0 fully saturated rings. The molecule has 0 heterocycles. The lowest BCUT2D eigenvalue weighted by molar-refractivity contribution is -0.143.